The summed E-state index contributed by atoms with van der Waals surface area (Å²) in [5, 5.41) is 10.4. The Hall–Kier alpha value is -1.57. The van der Waals surface area contributed by atoms with Crippen LogP contribution in [0.25, 0.3) is 10.7 Å². The summed E-state index contributed by atoms with van der Waals surface area (Å²) in [5.41, 5.74) is 0.711. The molecule has 2 aliphatic rings. The van der Waals surface area contributed by atoms with E-state index in [0.29, 0.717) is 13.2 Å². The molecule has 2 saturated heterocycles. The molecule has 4 heterocycles. The summed E-state index contributed by atoms with van der Waals surface area (Å²) in [6, 6.07) is 5.82. The Bertz CT molecular complexity index is 612. The lowest BCUT2D eigenvalue weighted by Crippen LogP contribution is -2.52. The van der Waals surface area contributed by atoms with Gasteiger partial charge in [-0.2, -0.15) is 0 Å². The molecule has 2 fully saturated rings. The summed E-state index contributed by atoms with van der Waals surface area (Å²) in [6.07, 6.45) is 2.73. The molecule has 7 heteroatoms. The molecular formula is C14H16N4O2S. The second-order valence-corrected chi connectivity index (χ2v) is 6.32. The highest BCUT2D eigenvalue weighted by molar-refractivity contribution is 7.18. The minimum atomic E-state index is -0.158. The summed E-state index contributed by atoms with van der Waals surface area (Å²) < 4.78 is 11.4. The maximum atomic E-state index is 5.95. The van der Waals surface area contributed by atoms with E-state index in [1.807, 2.05) is 18.2 Å². The van der Waals surface area contributed by atoms with Gasteiger partial charge >= 0.3 is 0 Å². The quantitative estimate of drug-likeness (QED) is 0.840. The topological polar surface area (TPSA) is 60.4 Å². The van der Waals surface area contributed by atoms with E-state index >= 15 is 0 Å². The molecule has 2 aromatic heterocycles. The average Bonchev–Trinajstić information content (AvgIpc) is 3.18. The van der Waals surface area contributed by atoms with Gasteiger partial charge in [0.25, 0.3) is 0 Å². The summed E-state index contributed by atoms with van der Waals surface area (Å²) >= 11 is 1.58. The van der Waals surface area contributed by atoms with Gasteiger partial charge in [0.1, 0.15) is 11.3 Å². The zero-order valence-corrected chi connectivity index (χ0v) is 12.4. The van der Waals surface area contributed by atoms with Gasteiger partial charge in [0.15, 0.2) is 5.01 Å². The zero-order valence-electron chi connectivity index (χ0n) is 11.6. The number of nitrogens with zero attached hydrogens (tertiary/aromatic N) is 4. The van der Waals surface area contributed by atoms with Crippen LogP contribution in [0, 0.1) is 0 Å². The number of morpholine rings is 1. The van der Waals surface area contributed by atoms with Crippen molar-refractivity contribution in [1.82, 2.24) is 15.2 Å². The molecule has 110 valence electrons. The van der Waals surface area contributed by atoms with Gasteiger partial charge in [-0.1, -0.05) is 17.4 Å². The molecule has 0 saturated carbocycles. The fourth-order valence-corrected chi connectivity index (χ4v) is 3.62. The minimum Gasteiger partial charge on any atom is -0.378 e. The predicted molar refractivity (Wildman–Crippen MR) is 79.5 cm³/mol. The molecule has 2 aromatic rings. The molecule has 0 aliphatic carbocycles. The van der Waals surface area contributed by atoms with Crippen LogP contribution in [0.2, 0.25) is 0 Å². The number of hydrogen-bond donors (Lipinski definition) is 0. The van der Waals surface area contributed by atoms with Gasteiger partial charge in [-0.15, -0.1) is 10.2 Å². The summed E-state index contributed by atoms with van der Waals surface area (Å²) in [4.78, 5) is 6.58. The normalized spacial score (nSPS) is 25.6. The molecule has 21 heavy (non-hydrogen) atoms. The Morgan fingerprint density at radius 3 is 3.05 bits per heavy atom. The van der Waals surface area contributed by atoms with Gasteiger partial charge in [0.05, 0.1) is 19.8 Å². The standard InChI is InChI=1S/C14H16N4O2S/c1-2-5-15-11(3-1)12-16-17-13(21-12)18-6-8-20-14(9-18)4-7-19-10-14/h1-3,5H,4,6-10H2. The van der Waals surface area contributed by atoms with Crippen LogP contribution in [0.4, 0.5) is 5.13 Å². The van der Waals surface area contributed by atoms with Crippen molar-refractivity contribution in [3.63, 3.8) is 0 Å². The lowest BCUT2D eigenvalue weighted by Gasteiger charge is -2.39. The Labute approximate surface area is 126 Å². The van der Waals surface area contributed by atoms with Crippen LogP contribution in [0.15, 0.2) is 24.4 Å². The first-order valence-corrected chi connectivity index (χ1v) is 7.88. The second kappa shape index (κ2) is 5.32. The lowest BCUT2D eigenvalue weighted by molar-refractivity contribution is -0.0579. The van der Waals surface area contributed by atoms with E-state index < -0.39 is 0 Å². The molecular weight excluding hydrogens is 288 g/mol. The Morgan fingerprint density at radius 1 is 1.24 bits per heavy atom. The minimum absolute atomic E-state index is 0.158. The molecule has 0 aromatic carbocycles. The van der Waals surface area contributed by atoms with E-state index in [9.17, 15) is 0 Å². The number of hydrogen-bond acceptors (Lipinski definition) is 7. The Balaban J connectivity index is 1.55. The molecule has 6 nitrogen and oxygen atoms in total. The fourth-order valence-electron chi connectivity index (χ4n) is 2.77. The van der Waals surface area contributed by atoms with Crippen molar-refractivity contribution in [2.45, 2.75) is 12.0 Å². The van der Waals surface area contributed by atoms with Crippen molar-refractivity contribution >= 4 is 16.5 Å². The molecule has 1 unspecified atom stereocenters. The van der Waals surface area contributed by atoms with E-state index in [0.717, 1.165) is 42.0 Å². The molecule has 1 atom stereocenters. The first-order chi connectivity index (χ1) is 10.3. The first-order valence-electron chi connectivity index (χ1n) is 7.06. The van der Waals surface area contributed by atoms with Crippen LogP contribution in [0.1, 0.15) is 6.42 Å². The molecule has 0 bridgehead atoms. The van der Waals surface area contributed by atoms with E-state index in [-0.39, 0.29) is 5.60 Å². The average molecular weight is 304 g/mol. The third-order valence-corrected chi connectivity index (χ3v) is 4.89. The van der Waals surface area contributed by atoms with Crippen molar-refractivity contribution in [2.75, 3.05) is 37.8 Å². The molecule has 1 spiro atoms. The molecule has 2 aliphatic heterocycles. The van der Waals surface area contributed by atoms with Crippen LogP contribution in [-0.4, -0.2) is 53.7 Å². The SMILES string of the molecule is c1ccc(-c2nnc(N3CCOC4(CCOC4)C3)s2)nc1. The van der Waals surface area contributed by atoms with Gasteiger partial charge in [-0.05, 0) is 12.1 Å². The van der Waals surface area contributed by atoms with Crippen LogP contribution >= 0.6 is 11.3 Å². The smallest absolute Gasteiger partial charge is 0.208 e. The summed E-state index contributed by atoms with van der Waals surface area (Å²) in [6.45, 7) is 3.84. The number of ether oxygens (including phenoxy) is 2. The molecule has 0 N–H and O–H groups in total. The lowest BCUT2D eigenvalue weighted by atomic mass is 10.0. The largest absolute Gasteiger partial charge is 0.378 e. The van der Waals surface area contributed by atoms with E-state index in [2.05, 4.69) is 20.1 Å². The van der Waals surface area contributed by atoms with Gasteiger partial charge in [-0.25, -0.2) is 0 Å². The van der Waals surface area contributed by atoms with Gasteiger partial charge < -0.3 is 14.4 Å². The predicted octanol–water partition coefficient (Wildman–Crippen LogP) is 1.60. The molecule has 0 radical (unpaired) electrons. The number of anilines is 1. The van der Waals surface area contributed by atoms with E-state index in [1.165, 1.54) is 0 Å². The van der Waals surface area contributed by atoms with Gasteiger partial charge in [-0.3, -0.25) is 4.98 Å². The fraction of sp³-hybridized carbons (Fsp3) is 0.500. The van der Waals surface area contributed by atoms with Crippen molar-refractivity contribution in [2.24, 2.45) is 0 Å². The summed E-state index contributed by atoms with van der Waals surface area (Å²) in [7, 11) is 0. The zero-order chi connectivity index (χ0) is 14.1. The van der Waals surface area contributed by atoms with Crippen molar-refractivity contribution < 1.29 is 9.47 Å². The highest BCUT2D eigenvalue weighted by Crippen LogP contribution is 2.33. The van der Waals surface area contributed by atoms with Crippen molar-refractivity contribution in [3.05, 3.63) is 24.4 Å². The Morgan fingerprint density at radius 2 is 2.24 bits per heavy atom. The third-order valence-electron chi connectivity index (χ3n) is 3.88. The summed E-state index contributed by atoms with van der Waals surface area (Å²) in [5.74, 6) is 0. The van der Waals surface area contributed by atoms with E-state index in [4.69, 9.17) is 9.47 Å². The van der Waals surface area contributed by atoms with Crippen LogP contribution < -0.4 is 4.90 Å². The van der Waals surface area contributed by atoms with Gasteiger partial charge in [0.2, 0.25) is 5.13 Å². The monoisotopic (exact) mass is 304 g/mol. The number of aromatic nitrogens is 3. The maximum Gasteiger partial charge on any atom is 0.208 e. The Kier molecular flexibility index (Phi) is 3.33. The van der Waals surface area contributed by atoms with Crippen molar-refractivity contribution in [1.29, 1.82) is 0 Å². The van der Waals surface area contributed by atoms with E-state index in [1.54, 1.807) is 17.5 Å². The highest BCUT2D eigenvalue weighted by Gasteiger charge is 2.41. The highest BCUT2D eigenvalue weighted by atomic mass is 32.1. The molecule has 0 amide bonds. The third kappa shape index (κ3) is 2.52. The number of rotatable bonds is 2. The molecule has 4 rings (SSSR count). The van der Waals surface area contributed by atoms with Crippen LogP contribution in [-0.2, 0) is 9.47 Å². The number of pyridine rings is 1. The first kappa shape index (κ1) is 13.1. The van der Waals surface area contributed by atoms with Crippen LogP contribution in [0.3, 0.4) is 0 Å². The second-order valence-electron chi connectivity index (χ2n) is 5.36. The van der Waals surface area contributed by atoms with Crippen molar-refractivity contribution in [3.8, 4) is 10.7 Å². The van der Waals surface area contributed by atoms with Gasteiger partial charge in [0, 0.05) is 25.8 Å². The van der Waals surface area contributed by atoms with Crippen LogP contribution in [0.5, 0.6) is 0 Å². The maximum absolute atomic E-state index is 5.95.